The van der Waals surface area contributed by atoms with Crippen LogP contribution in [0, 0.1) is 5.92 Å². The maximum Gasteiger partial charge on any atom is 0.264 e. The molecule has 0 aromatic heterocycles. The Hall–Kier alpha value is -1.80. The molecule has 0 aliphatic heterocycles. The van der Waals surface area contributed by atoms with Crippen molar-refractivity contribution in [2.24, 2.45) is 5.92 Å². The quantitative estimate of drug-likeness (QED) is 0.476. The van der Waals surface area contributed by atoms with Gasteiger partial charge in [-0.2, -0.15) is 0 Å². The molecule has 2 aromatic rings. The number of hydrogen-bond donors (Lipinski definition) is 2. The average Bonchev–Trinajstić information content (AvgIpc) is 2.68. The van der Waals surface area contributed by atoms with Gasteiger partial charge < -0.3 is 4.74 Å². The van der Waals surface area contributed by atoms with Crippen LogP contribution >= 0.6 is 0 Å². The lowest BCUT2D eigenvalue weighted by Gasteiger charge is -2.31. The molecule has 2 rings (SSSR count). The van der Waals surface area contributed by atoms with Gasteiger partial charge in [-0.05, 0) is 56.0 Å². The third-order valence-corrected chi connectivity index (χ3v) is 6.02. The SMILES string of the molecule is CC(C)CCN(C(COC(C)(C)C)C(=O)NO)S(=O)c1ccc2ccccc2c1. The van der Waals surface area contributed by atoms with Crippen LogP contribution in [0.25, 0.3) is 10.8 Å². The molecule has 0 radical (unpaired) electrons. The van der Waals surface area contributed by atoms with Gasteiger partial charge in [-0.25, -0.2) is 14.0 Å². The van der Waals surface area contributed by atoms with Crippen LogP contribution in [-0.2, 0) is 20.5 Å². The molecule has 160 valence electrons. The molecule has 0 saturated heterocycles. The summed E-state index contributed by atoms with van der Waals surface area (Å²) in [5.41, 5.74) is 1.24. The van der Waals surface area contributed by atoms with Crippen molar-refractivity contribution in [3.8, 4) is 0 Å². The largest absolute Gasteiger partial charge is 0.374 e. The first-order valence-corrected chi connectivity index (χ1v) is 11.0. The first-order chi connectivity index (χ1) is 13.6. The number of nitrogens with one attached hydrogen (secondary N) is 1. The number of nitrogens with zero attached hydrogens (tertiary/aromatic N) is 1. The van der Waals surface area contributed by atoms with Crippen LogP contribution in [0.2, 0.25) is 0 Å². The summed E-state index contributed by atoms with van der Waals surface area (Å²) in [6.07, 6.45) is 0.754. The topological polar surface area (TPSA) is 78.9 Å². The fourth-order valence-corrected chi connectivity index (χ4v) is 4.19. The van der Waals surface area contributed by atoms with E-state index in [1.165, 1.54) is 0 Å². The second-order valence-electron chi connectivity index (χ2n) is 8.50. The van der Waals surface area contributed by atoms with Gasteiger partial charge in [-0.1, -0.05) is 44.2 Å². The molecule has 0 heterocycles. The fraction of sp³-hybridized carbons (Fsp3) is 0.500. The highest BCUT2D eigenvalue weighted by molar-refractivity contribution is 7.82. The van der Waals surface area contributed by atoms with Crippen LogP contribution in [-0.4, -0.2) is 44.4 Å². The minimum absolute atomic E-state index is 0.0211. The summed E-state index contributed by atoms with van der Waals surface area (Å²) >= 11 is 0. The van der Waals surface area contributed by atoms with Crippen molar-refractivity contribution in [3.63, 3.8) is 0 Å². The number of ether oxygens (including phenoxy) is 1. The lowest BCUT2D eigenvalue weighted by Crippen LogP contribution is -2.51. The number of carbonyl (C=O) groups is 1. The molecule has 2 unspecified atom stereocenters. The van der Waals surface area contributed by atoms with E-state index >= 15 is 0 Å². The molecule has 7 heteroatoms. The second-order valence-corrected chi connectivity index (χ2v) is 9.94. The van der Waals surface area contributed by atoms with Crippen molar-refractivity contribution in [3.05, 3.63) is 42.5 Å². The fourth-order valence-electron chi connectivity index (χ4n) is 2.84. The Kier molecular flexibility index (Phi) is 8.34. The number of hydroxylamine groups is 1. The summed E-state index contributed by atoms with van der Waals surface area (Å²) in [6, 6.07) is 12.6. The van der Waals surface area contributed by atoms with Crippen molar-refractivity contribution in [1.82, 2.24) is 9.79 Å². The first kappa shape index (κ1) is 23.5. The van der Waals surface area contributed by atoms with E-state index in [1.54, 1.807) is 9.79 Å². The average molecular weight is 421 g/mol. The summed E-state index contributed by atoms with van der Waals surface area (Å²) in [5.74, 6) is -0.264. The molecule has 0 fully saturated rings. The van der Waals surface area contributed by atoms with Crippen LogP contribution < -0.4 is 5.48 Å². The molecule has 0 spiro atoms. The highest BCUT2D eigenvalue weighted by Gasteiger charge is 2.32. The van der Waals surface area contributed by atoms with Crippen LogP contribution in [0.4, 0.5) is 0 Å². The van der Waals surface area contributed by atoms with E-state index in [1.807, 2.05) is 63.2 Å². The summed E-state index contributed by atoms with van der Waals surface area (Å²) in [4.78, 5) is 13.1. The zero-order chi connectivity index (χ0) is 21.6. The molecule has 2 atom stereocenters. The Morgan fingerprint density at radius 1 is 1.17 bits per heavy atom. The molecular weight excluding hydrogens is 388 g/mol. The van der Waals surface area contributed by atoms with Crippen molar-refractivity contribution in [2.75, 3.05) is 13.2 Å². The minimum Gasteiger partial charge on any atom is -0.374 e. The van der Waals surface area contributed by atoms with Gasteiger partial charge in [0.15, 0.2) is 0 Å². The predicted octanol–water partition coefficient (Wildman–Crippen LogP) is 3.90. The number of amides is 1. The zero-order valence-corrected chi connectivity index (χ0v) is 18.7. The molecule has 2 aromatic carbocycles. The third kappa shape index (κ3) is 6.89. The Balaban J connectivity index is 2.38. The highest BCUT2D eigenvalue weighted by atomic mass is 32.2. The third-order valence-electron chi connectivity index (χ3n) is 4.50. The number of hydrogen-bond acceptors (Lipinski definition) is 4. The van der Waals surface area contributed by atoms with E-state index in [9.17, 15) is 14.2 Å². The predicted molar refractivity (Wildman–Crippen MR) is 116 cm³/mol. The van der Waals surface area contributed by atoms with E-state index in [0.717, 1.165) is 17.2 Å². The maximum atomic E-state index is 13.5. The highest BCUT2D eigenvalue weighted by Crippen LogP contribution is 2.22. The van der Waals surface area contributed by atoms with Gasteiger partial charge >= 0.3 is 0 Å². The lowest BCUT2D eigenvalue weighted by atomic mass is 10.1. The minimum atomic E-state index is -1.59. The summed E-state index contributed by atoms with van der Waals surface area (Å²) in [6.45, 7) is 10.3. The summed E-state index contributed by atoms with van der Waals surface area (Å²) < 4.78 is 20.9. The van der Waals surface area contributed by atoms with Crippen LogP contribution in [0.5, 0.6) is 0 Å². The molecule has 0 aliphatic rings. The van der Waals surface area contributed by atoms with Gasteiger partial charge in [-0.15, -0.1) is 0 Å². The Labute approximate surface area is 175 Å². The number of benzene rings is 2. The zero-order valence-electron chi connectivity index (χ0n) is 17.8. The van der Waals surface area contributed by atoms with Crippen molar-refractivity contribution in [1.29, 1.82) is 0 Å². The molecule has 0 saturated carbocycles. The van der Waals surface area contributed by atoms with Gasteiger partial charge in [-0.3, -0.25) is 10.0 Å². The van der Waals surface area contributed by atoms with E-state index in [2.05, 4.69) is 13.8 Å². The van der Waals surface area contributed by atoms with E-state index in [-0.39, 0.29) is 6.61 Å². The van der Waals surface area contributed by atoms with Gasteiger partial charge in [0.2, 0.25) is 0 Å². The van der Waals surface area contributed by atoms with Crippen LogP contribution in [0.3, 0.4) is 0 Å². The number of carbonyl (C=O) groups excluding carboxylic acids is 1. The van der Waals surface area contributed by atoms with Crippen LogP contribution in [0.15, 0.2) is 47.4 Å². The Morgan fingerprint density at radius 2 is 1.83 bits per heavy atom. The first-order valence-electron chi connectivity index (χ1n) is 9.87. The van der Waals surface area contributed by atoms with Crippen molar-refractivity contribution < 1.29 is 18.9 Å². The van der Waals surface area contributed by atoms with E-state index < -0.39 is 28.5 Å². The molecule has 29 heavy (non-hydrogen) atoms. The number of fused-ring (bicyclic) bond motifs is 1. The molecule has 0 bridgehead atoms. The smallest absolute Gasteiger partial charge is 0.264 e. The lowest BCUT2D eigenvalue weighted by molar-refractivity contribution is -0.137. The molecular formula is C22H32N2O4S. The molecule has 2 N–H and O–H groups in total. The monoisotopic (exact) mass is 420 g/mol. The molecule has 6 nitrogen and oxygen atoms in total. The molecule has 0 aliphatic carbocycles. The van der Waals surface area contributed by atoms with E-state index in [4.69, 9.17) is 4.74 Å². The van der Waals surface area contributed by atoms with Gasteiger partial charge in [0.05, 0.1) is 17.1 Å². The normalized spacial score (nSPS) is 14.3. The summed E-state index contributed by atoms with van der Waals surface area (Å²) in [7, 11) is -1.59. The number of rotatable bonds is 9. The molecule has 1 amide bonds. The van der Waals surface area contributed by atoms with Crippen molar-refractivity contribution >= 4 is 27.7 Å². The van der Waals surface area contributed by atoms with Gasteiger partial charge in [0.25, 0.3) is 5.91 Å². The van der Waals surface area contributed by atoms with Crippen molar-refractivity contribution in [2.45, 2.75) is 57.6 Å². The second kappa shape index (κ2) is 10.3. The van der Waals surface area contributed by atoms with Crippen LogP contribution in [0.1, 0.15) is 41.0 Å². The van der Waals surface area contributed by atoms with Gasteiger partial charge in [0.1, 0.15) is 17.0 Å². The summed E-state index contributed by atoms with van der Waals surface area (Å²) in [5, 5.41) is 11.3. The standard InChI is InChI=1S/C22H32N2O4S/c1-16(2)12-13-24(20(21(25)23-26)15-28-22(3,4)5)29(27)19-11-10-17-8-6-7-9-18(17)14-19/h6-11,14,16,20,26H,12-13,15H2,1-5H3,(H,23,25). The Morgan fingerprint density at radius 3 is 2.41 bits per heavy atom. The van der Waals surface area contributed by atoms with Gasteiger partial charge in [0, 0.05) is 6.54 Å². The maximum absolute atomic E-state index is 13.5. The Bertz CT molecular complexity index is 848. The van der Waals surface area contributed by atoms with E-state index in [0.29, 0.717) is 17.4 Å².